The molecular weight excluding hydrogens is 821 g/mol. The molecule has 3 aliphatic rings. The van der Waals surface area contributed by atoms with Gasteiger partial charge in [-0.3, -0.25) is 4.90 Å². The van der Waals surface area contributed by atoms with Crippen LogP contribution < -0.4 is 22.9 Å². The number of rotatable bonds is 17. The summed E-state index contributed by atoms with van der Waals surface area (Å²) in [4.78, 5) is 5.24. The molecule has 0 radical (unpaired) electrons. The Kier molecular flexibility index (Phi) is 30.4. The predicted octanol–water partition coefficient (Wildman–Crippen LogP) is 4.56. The summed E-state index contributed by atoms with van der Waals surface area (Å²) in [6.07, 6.45) is 5.92. The maximum atomic E-state index is 10.9. The number of fused-ring (bicyclic) bond motifs is 1. The van der Waals surface area contributed by atoms with Gasteiger partial charge in [0.2, 0.25) is 0 Å². The van der Waals surface area contributed by atoms with Crippen molar-refractivity contribution in [2.45, 2.75) is 126 Å². The highest BCUT2D eigenvalue weighted by atomic mass is 35.5. The van der Waals surface area contributed by atoms with E-state index in [4.69, 9.17) is 37.1 Å². The molecular formula is C37H68Cl6N6O5. The average molecular weight is 890 g/mol. The molecule has 318 valence electrons. The Balaban J connectivity index is 0. The van der Waals surface area contributed by atoms with Gasteiger partial charge in [-0.2, -0.15) is 0 Å². The number of hydrogen-bond acceptors (Lipinski definition) is 11. The highest BCUT2D eigenvalue weighted by molar-refractivity contribution is 5.86. The highest BCUT2D eigenvalue weighted by Gasteiger charge is 2.46. The first kappa shape index (κ1) is 56.1. The van der Waals surface area contributed by atoms with Crippen molar-refractivity contribution < 1.29 is 24.4 Å². The number of unbranched alkanes of at least 4 members (excludes halogenated alkanes) is 7. The minimum atomic E-state index is -0.899. The van der Waals surface area contributed by atoms with Crippen molar-refractivity contribution in [2.75, 3.05) is 45.9 Å². The first-order chi connectivity index (χ1) is 23.3. The molecule has 11 nitrogen and oxygen atoms in total. The van der Waals surface area contributed by atoms with Crippen LogP contribution in [0.5, 0.6) is 0 Å². The van der Waals surface area contributed by atoms with Crippen molar-refractivity contribution >= 4 is 85.2 Å². The van der Waals surface area contributed by atoms with Gasteiger partial charge in [-0.25, -0.2) is 0 Å². The van der Waals surface area contributed by atoms with Gasteiger partial charge in [0.15, 0.2) is 6.29 Å². The molecule has 0 aromatic heterocycles. The Morgan fingerprint density at radius 1 is 0.667 bits per heavy atom. The van der Waals surface area contributed by atoms with E-state index in [0.717, 1.165) is 45.6 Å². The molecule has 9 atom stereocenters. The Morgan fingerprint density at radius 3 is 1.93 bits per heavy atom. The summed E-state index contributed by atoms with van der Waals surface area (Å²) in [5.41, 5.74) is 26.0. The van der Waals surface area contributed by atoms with E-state index in [1.54, 1.807) is 0 Å². The second-order valence-electron chi connectivity index (χ2n) is 14.3. The van der Waals surface area contributed by atoms with Crippen LogP contribution in [0.3, 0.4) is 0 Å². The van der Waals surface area contributed by atoms with Crippen LogP contribution in [-0.4, -0.2) is 121 Å². The monoisotopic (exact) mass is 886 g/mol. The number of aliphatic hydroxyl groups excluding tert-OH is 2. The number of piperazine rings is 1. The molecule has 1 aliphatic carbocycles. The van der Waals surface area contributed by atoms with Crippen LogP contribution in [0, 0.1) is 0 Å². The van der Waals surface area contributed by atoms with E-state index >= 15 is 0 Å². The maximum absolute atomic E-state index is 10.9. The molecule has 1 saturated carbocycles. The Labute approximate surface area is 360 Å². The summed E-state index contributed by atoms with van der Waals surface area (Å²) in [7, 11) is 0. The molecule has 5 rings (SSSR count). The number of halogens is 6. The second-order valence-corrected chi connectivity index (χ2v) is 14.3. The first-order valence-corrected chi connectivity index (χ1v) is 18.5. The van der Waals surface area contributed by atoms with Crippen LogP contribution in [0.4, 0.5) is 0 Å². The van der Waals surface area contributed by atoms with Crippen molar-refractivity contribution in [3.05, 3.63) is 48.0 Å². The van der Waals surface area contributed by atoms with Crippen LogP contribution in [-0.2, 0) is 20.8 Å². The molecule has 0 unspecified atom stereocenters. The van der Waals surface area contributed by atoms with Gasteiger partial charge in [-0.15, -0.1) is 74.4 Å². The predicted molar refractivity (Wildman–Crippen MR) is 234 cm³/mol. The summed E-state index contributed by atoms with van der Waals surface area (Å²) in [5, 5.41) is 23.7. The van der Waals surface area contributed by atoms with Crippen molar-refractivity contribution in [1.29, 1.82) is 0 Å². The smallest absolute Gasteiger partial charge is 0.173 e. The molecule has 2 aromatic carbocycles. The van der Waals surface area contributed by atoms with Crippen LogP contribution in [0.15, 0.2) is 42.5 Å². The number of aliphatic hydroxyl groups is 2. The molecule has 2 heterocycles. The highest BCUT2D eigenvalue weighted by Crippen LogP contribution is 2.29. The fourth-order valence-electron chi connectivity index (χ4n) is 7.61. The van der Waals surface area contributed by atoms with Crippen molar-refractivity contribution in [3.63, 3.8) is 0 Å². The van der Waals surface area contributed by atoms with Gasteiger partial charge in [0.05, 0.1) is 24.4 Å². The first-order valence-electron chi connectivity index (χ1n) is 18.5. The van der Waals surface area contributed by atoms with E-state index in [-0.39, 0.29) is 81.0 Å². The number of benzene rings is 2. The maximum Gasteiger partial charge on any atom is 0.173 e. The molecule has 0 spiro atoms. The standard InChI is InChI=1S/C37H62N6O5.6ClH/c38-24-33-32(44)23-31(41)37(47-33)48-35-30(40)22-29(39)34(45)36(35)46-21-10-6-4-2-1-3-5-9-16-42-17-19-43(20-18-42)25-27-14-11-13-26-12-7-8-15-28(26)27;;;;;;/h7-8,11-15,29-37,44-45H,1-6,9-10,16-25,38-41H2;6*1H/t29-,30+,31-,32+,33-,34+,35-,36-,37-;;;;;;/m1....../s1. The quantitative estimate of drug-likeness (QED) is 0.123. The number of ether oxygens (including phenoxy) is 3. The normalized spacial score (nSPS) is 28.6. The van der Waals surface area contributed by atoms with E-state index in [1.165, 1.54) is 61.4 Å². The fraction of sp³-hybridized carbons (Fsp3) is 0.730. The molecule has 2 aliphatic heterocycles. The minimum absolute atomic E-state index is 0. The van der Waals surface area contributed by atoms with Crippen molar-refractivity contribution in [1.82, 2.24) is 9.80 Å². The van der Waals surface area contributed by atoms with Gasteiger partial charge in [0.1, 0.15) is 12.2 Å². The Hall–Kier alpha value is -0.000000000000000180. The number of nitrogens with two attached hydrogens (primary N) is 4. The van der Waals surface area contributed by atoms with Gasteiger partial charge in [-0.1, -0.05) is 81.0 Å². The van der Waals surface area contributed by atoms with Crippen LogP contribution in [0.2, 0.25) is 0 Å². The zero-order chi connectivity index (χ0) is 33.9. The fourth-order valence-corrected chi connectivity index (χ4v) is 7.61. The molecule has 2 aromatic rings. The third-order valence-electron chi connectivity index (χ3n) is 10.6. The van der Waals surface area contributed by atoms with Gasteiger partial charge in [0.25, 0.3) is 0 Å². The van der Waals surface area contributed by atoms with Crippen LogP contribution in [0.1, 0.15) is 69.8 Å². The Morgan fingerprint density at radius 2 is 1.26 bits per heavy atom. The summed E-state index contributed by atoms with van der Waals surface area (Å²) in [6, 6.07) is 13.9. The molecule has 2 saturated heterocycles. The SMILES string of the molecule is Cl.Cl.Cl.Cl.Cl.Cl.NC[C@H]1O[C@H](O[C@H]2[C@H](OCCCCCCCCCCN3CCN(Cc4cccc5ccccc45)CC3)[C@@H](O)[C@H](N)C[C@@H]2N)[C@H](N)C[C@@H]1O. The topological polar surface area (TPSA) is 179 Å². The lowest BCUT2D eigenvalue weighted by Gasteiger charge is -2.45. The summed E-state index contributed by atoms with van der Waals surface area (Å²) >= 11 is 0. The van der Waals surface area contributed by atoms with Crippen LogP contribution in [0.25, 0.3) is 10.8 Å². The largest absolute Gasteiger partial charge is 0.390 e. The van der Waals surface area contributed by atoms with E-state index in [1.807, 2.05) is 0 Å². The lowest BCUT2D eigenvalue weighted by Crippen LogP contribution is -2.65. The summed E-state index contributed by atoms with van der Waals surface area (Å²) in [6.45, 7) is 7.51. The average Bonchev–Trinajstić information content (AvgIpc) is 3.09. The van der Waals surface area contributed by atoms with Crippen molar-refractivity contribution in [2.24, 2.45) is 22.9 Å². The third-order valence-corrected chi connectivity index (χ3v) is 10.6. The second kappa shape index (κ2) is 29.2. The zero-order valence-electron chi connectivity index (χ0n) is 31.2. The number of nitrogens with zero attached hydrogens (tertiary/aromatic N) is 2. The molecule has 10 N–H and O–H groups in total. The summed E-state index contributed by atoms with van der Waals surface area (Å²) in [5.74, 6) is 0. The van der Waals surface area contributed by atoms with E-state index in [0.29, 0.717) is 19.4 Å². The molecule has 3 fully saturated rings. The summed E-state index contributed by atoms with van der Waals surface area (Å²) < 4.78 is 18.2. The van der Waals surface area contributed by atoms with Gasteiger partial charge in [-0.05, 0) is 48.6 Å². The lowest BCUT2D eigenvalue weighted by molar-refractivity contribution is -0.272. The Bertz CT molecular complexity index is 1240. The van der Waals surface area contributed by atoms with Gasteiger partial charge >= 0.3 is 0 Å². The van der Waals surface area contributed by atoms with Gasteiger partial charge in [0, 0.05) is 58.0 Å². The van der Waals surface area contributed by atoms with E-state index < -0.39 is 54.9 Å². The van der Waals surface area contributed by atoms with E-state index in [9.17, 15) is 10.2 Å². The third kappa shape index (κ3) is 16.3. The molecule has 54 heavy (non-hydrogen) atoms. The van der Waals surface area contributed by atoms with Crippen molar-refractivity contribution in [3.8, 4) is 0 Å². The molecule has 0 bridgehead atoms. The lowest BCUT2D eigenvalue weighted by atomic mass is 9.84. The minimum Gasteiger partial charge on any atom is -0.390 e. The van der Waals surface area contributed by atoms with E-state index in [2.05, 4.69) is 52.3 Å². The van der Waals surface area contributed by atoms with Crippen LogP contribution >= 0.6 is 74.4 Å². The van der Waals surface area contributed by atoms with Gasteiger partial charge < -0.3 is 52.3 Å². The zero-order valence-corrected chi connectivity index (χ0v) is 36.1. The number of hydrogen-bond donors (Lipinski definition) is 6. The molecule has 17 heteroatoms. The molecule has 0 amide bonds.